The number of rotatable bonds is 5. The van der Waals surface area contributed by atoms with E-state index in [1.807, 2.05) is 29.2 Å². The van der Waals surface area contributed by atoms with E-state index < -0.39 is 22.0 Å². The topological polar surface area (TPSA) is 83.6 Å². The van der Waals surface area contributed by atoms with Gasteiger partial charge in [-0.15, -0.1) is 0 Å². The van der Waals surface area contributed by atoms with Gasteiger partial charge in [0.1, 0.15) is 5.76 Å². The van der Waals surface area contributed by atoms with E-state index in [2.05, 4.69) is 4.98 Å². The average Bonchev–Trinajstić information content (AvgIpc) is 3.06. The molecule has 118 valence electrons. The number of hydrogen-bond acceptors (Lipinski definition) is 6. The molecule has 0 bridgehead atoms. The van der Waals surface area contributed by atoms with Crippen molar-refractivity contribution in [2.45, 2.75) is 25.2 Å². The second-order valence-corrected chi connectivity index (χ2v) is 7.67. The van der Waals surface area contributed by atoms with Crippen LogP contribution in [0.4, 0.5) is 0 Å². The minimum Gasteiger partial charge on any atom is -0.468 e. The van der Waals surface area contributed by atoms with Crippen molar-refractivity contribution in [1.29, 1.82) is 0 Å². The molecular weight excluding hydrogens is 304 g/mol. The quantitative estimate of drug-likeness (QED) is 0.878. The van der Waals surface area contributed by atoms with Gasteiger partial charge in [-0.05, 0) is 24.3 Å². The number of pyridine rings is 1. The molecule has 3 rings (SSSR count). The maximum Gasteiger partial charge on any atom is 0.154 e. The molecule has 1 aliphatic rings. The van der Waals surface area contributed by atoms with E-state index in [1.54, 1.807) is 18.5 Å². The number of aliphatic hydroxyl groups is 1. The molecule has 6 nitrogen and oxygen atoms in total. The molecule has 1 saturated heterocycles. The molecule has 0 aromatic carbocycles. The number of aliphatic hydroxyl groups excluding tert-OH is 1. The predicted octanol–water partition coefficient (Wildman–Crippen LogP) is 0.835. The van der Waals surface area contributed by atoms with E-state index in [0.29, 0.717) is 13.1 Å². The third-order valence-corrected chi connectivity index (χ3v) is 5.49. The molecule has 0 aliphatic carbocycles. The summed E-state index contributed by atoms with van der Waals surface area (Å²) in [6, 6.07) is 8.77. The Bertz CT molecular complexity index is 700. The molecule has 2 atom stereocenters. The fourth-order valence-corrected chi connectivity index (χ4v) is 4.58. The van der Waals surface area contributed by atoms with Crippen molar-refractivity contribution in [1.82, 2.24) is 9.88 Å². The molecule has 7 heteroatoms. The van der Waals surface area contributed by atoms with Crippen LogP contribution in [0.1, 0.15) is 11.5 Å². The molecule has 3 heterocycles. The number of nitrogens with zero attached hydrogens (tertiary/aromatic N) is 2. The highest BCUT2D eigenvalue weighted by Crippen LogP contribution is 2.22. The van der Waals surface area contributed by atoms with Crippen LogP contribution in [0.25, 0.3) is 0 Å². The third-order valence-electron chi connectivity index (χ3n) is 3.79. The SMILES string of the molecule is O=S1(=O)C[C@H](O)[C@@H](N(Cc2ccccn2)Cc2ccco2)C1. The third kappa shape index (κ3) is 3.55. The Labute approximate surface area is 129 Å². The largest absolute Gasteiger partial charge is 0.468 e. The Morgan fingerprint density at radius 2 is 2.09 bits per heavy atom. The highest BCUT2D eigenvalue weighted by molar-refractivity contribution is 7.91. The van der Waals surface area contributed by atoms with Crippen LogP contribution < -0.4 is 0 Å². The second kappa shape index (κ2) is 6.20. The van der Waals surface area contributed by atoms with E-state index >= 15 is 0 Å². The van der Waals surface area contributed by atoms with Gasteiger partial charge in [0.2, 0.25) is 0 Å². The van der Waals surface area contributed by atoms with Gasteiger partial charge in [-0.25, -0.2) is 8.42 Å². The van der Waals surface area contributed by atoms with E-state index in [4.69, 9.17) is 4.42 Å². The van der Waals surface area contributed by atoms with Crippen molar-refractivity contribution in [2.24, 2.45) is 0 Å². The van der Waals surface area contributed by atoms with Crippen LogP contribution in [0.5, 0.6) is 0 Å². The molecule has 0 unspecified atom stereocenters. The standard InChI is InChI=1S/C15H18N2O4S/c18-15-11-22(19,20)10-14(15)17(9-13-5-3-7-21-13)8-12-4-1-2-6-16-12/h1-7,14-15,18H,8-11H2/t14-,15-/m0/s1. The van der Waals surface area contributed by atoms with Gasteiger partial charge in [-0.2, -0.15) is 0 Å². The zero-order valence-corrected chi connectivity index (χ0v) is 12.8. The van der Waals surface area contributed by atoms with Crippen LogP contribution in [0.3, 0.4) is 0 Å². The second-order valence-electron chi connectivity index (χ2n) is 5.52. The lowest BCUT2D eigenvalue weighted by atomic mass is 10.1. The Morgan fingerprint density at radius 3 is 2.68 bits per heavy atom. The summed E-state index contributed by atoms with van der Waals surface area (Å²) in [6.45, 7) is 0.888. The molecule has 0 radical (unpaired) electrons. The molecule has 1 N–H and O–H groups in total. The molecule has 2 aromatic rings. The highest BCUT2D eigenvalue weighted by Gasteiger charge is 2.40. The van der Waals surface area contributed by atoms with Gasteiger partial charge in [0.15, 0.2) is 9.84 Å². The minimum absolute atomic E-state index is 0.0400. The van der Waals surface area contributed by atoms with Crippen molar-refractivity contribution in [3.63, 3.8) is 0 Å². The number of aromatic nitrogens is 1. The van der Waals surface area contributed by atoms with Gasteiger partial charge in [0.25, 0.3) is 0 Å². The lowest BCUT2D eigenvalue weighted by Gasteiger charge is -2.29. The smallest absolute Gasteiger partial charge is 0.154 e. The Morgan fingerprint density at radius 1 is 1.23 bits per heavy atom. The summed E-state index contributed by atoms with van der Waals surface area (Å²) in [7, 11) is -3.20. The van der Waals surface area contributed by atoms with Crippen LogP contribution >= 0.6 is 0 Å². The predicted molar refractivity (Wildman–Crippen MR) is 80.6 cm³/mol. The molecule has 1 fully saturated rings. The first-order valence-corrected chi connectivity index (χ1v) is 8.90. The molecule has 0 spiro atoms. The summed E-state index contributed by atoms with van der Waals surface area (Å²) in [4.78, 5) is 6.19. The van der Waals surface area contributed by atoms with Crippen LogP contribution in [0.2, 0.25) is 0 Å². The van der Waals surface area contributed by atoms with E-state index in [-0.39, 0.29) is 11.5 Å². The summed E-state index contributed by atoms with van der Waals surface area (Å²) >= 11 is 0. The Balaban J connectivity index is 1.82. The van der Waals surface area contributed by atoms with Crippen LogP contribution in [-0.4, -0.2) is 47.1 Å². The first-order chi connectivity index (χ1) is 10.5. The molecule has 0 saturated carbocycles. The van der Waals surface area contributed by atoms with Gasteiger partial charge >= 0.3 is 0 Å². The monoisotopic (exact) mass is 322 g/mol. The summed E-state index contributed by atoms with van der Waals surface area (Å²) in [6.07, 6.45) is 2.39. The summed E-state index contributed by atoms with van der Waals surface area (Å²) in [5, 5.41) is 10.1. The average molecular weight is 322 g/mol. The van der Waals surface area contributed by atoms with E-state index in [0.717, 1.165) is 11.5 Å². The molecule has 22 heavy (non-hydrogen) atoms. The van der Waals surface area contributed by atoms with Gasteiger partial charge in [0.05, 0.1) is 42.2 Å². The Kier molecular flexibility index (Phi) is 4.28. The lowest BCUT2D eigenvalue weighted by Crippen LogP contribution is -2.42. The van der Waals surface area contributed by atoms with Crippen molar-refractivity contribution < 1.29 is 17.9 Å². The first-order valence-electron chi connectivity index (χ1n) is 7.08. The van der Waals surface area contributed by atoms with Gasteiger partial charge < -0.3 is 9.52 Å². The minimum atomic E-state index is -3.20. The van der Waals surface area contributed by atoms with Crippen LogP contribution in [0, 0.1) is 0 Å². The van der Waals surface area contributed by atoms with Crippen LogP contribution in [0.15, 0.2) is 47.2 Å². The zero-order chi connectivity index (χ0) is 15.6. The fourth-order valence-electron chi connectivity index (χ4n) is 2.75. The molecule has 2 aromatic heterocycles. The molecule has 0 amide bonds. The fraction of sp³-hybridized carbons (Fsp3) is 0.400. The van der Waals surface area contributed by atoms with Crippen molar-refractivity contribution in [3.05, 3.63) is 54.2 Å². The van der Waals surface area contributed by atoms with E-state index in [9.17, 15) is 13.5 Å². The summed E-state index contributed by atoms with van der Waals surface area (Å²) < 4.78 is 28.9. The van der Waals surface area contributed by atoms with E-state index in [1.165, 1.54) is 0 Å². The van der Waals surface area contributed by atoms with Crippen molar-refractivity contribution in [2.75, 3.05) is 11.5 Å². The van der Waals surface area contributed by atoms with Crippen LogP contribution in [-0.2, 0) is 22.9 Å². The highest BCUT2D eigenvalue weighted by atomic mass is 32.2. The molecular formula is C15H18N2O4S. The molecule has 1 aliphatic heterocycles. The van der Waals surface area contributed by atoms with Gasteiger partial charge in [0, 0.05) is 12.7 Å². The Hall–Kier alpha value is -1.70. The van der Waals surface area contributed by atoms with Crippen molar-refractivity contribution >= 4 is 9.84 Å². The summed E-state index contributed by atoms with van der Waals surface area (Å²) in [5.41, 5.74) is 0.825. The number of hydrogen-bond donors (Lipinski definition) is 1. The van der Waals surface area contributed by atoms with Gasteiger partial charge in [-0.3, -0.25) is 9.88 Å². The normalized spacial score (nSPS) is 23.9. The lowest BCUT2D eigenvalue weighted by molar-refractivity contribution is 0.0678. The summed E-state index contributed by atoms with van der Waals surface area (Å²) in [5.74, 6) is 0.503. The number of furan rings is 1. The van der Waals surface area contributed by atoms with Gasteiger partial charge in [-0.1, -0.05) is 6.07 Å². The zero-order valence-electron chi connectivity index (χ0n) is 12.0. The number of sulfone groups is 1. The maximum absolute atomic E-state index is 11.8. The first kappa shape index (κ1) is 15.2. The van der Waals surface area contributed by atoms with Crippen molar-refractivity contribution in [3.8, 4) is 0 Å². The maximum atomic E-state index is 11.8.